The Morgan fingerprint density at radius 3 is 2.47 bits per heavy atom. The molecule has 0 amide bonds. The Kier molecular flexibility index (Phi) is 3.77. The number of aliphatic carboxylic acids is 1. The Bertz CT molecular complexity index is 233. The van der Waals surface area contributed by atoms with Gasteiger partial charge in [-0.2, -0.15) is 0 Å². The van der Waals surface area contributed by atoms with E-state index in [1.807, 2.05) is 0 Å². The second-order valence-electron chi connectivity index (χ2n) is 5.32. The molecule has 0 aromatic carbocycles. The molecule has 3 heteroatoms. The summed E-state index contributed by atoms with van der Waals surface area (Å²) in [6.07, 6.45) is 3.89. The molecular formula is C12H22O3. The van der Waals surface area contributed by atoms with Crippen molar-refractivity contribution >= 4 is 5.97 Å². The lowest BCUT2D eigenvalue weighted by Crippen LogP contribution is -2.45. The van der Waals surface area contributed by atoms with E-state index in [9.17, 15) is 9.90 Å². The van der Waals surface area contributed by atoms with Crippen molar-refractivity contribution in [3.05, 3.63) is 0 Å². The van der Waals surface area contributed by atoms with Crippen LogP contribution in [-0.4, -0.2) is 21.8 Å². The predicted molar refractivity (Wildman–Crippen MR) is 58.5 cm³/mol. The van der Waals surface area contributed by atoms with Crippen molar-refractivity contribution in [3.63, 3.8) is 0 Å². The van der Waals surface area contributed by atoms with Crippen molar-refractivity contribution in [1.29, 1.82) is 0 Å². The average molecular weight is 214 g/mol. The van der Waals surface area contributed by atoms with Gasteiger partial charge in [-0.1, -0.05) is 26.7 Å². The highest BCUT2D eigenvalue weighted by molar-refractivity contribution is 5.76. The summed E-state index contributed by atoms with van der Waals surface area (Å²) < 4.78 is 0. The number of aliphatic hydroxyl groups is 1. The van der Waals surface area contributed by atoms with Gasteiger partial charge in [-0.15, -0.1) is 0 Å². The van der Waals surface area contributed by atoms with Crippen LogP contribution < -0.4 is 0 Å². The van der Waals surface area contributed by atoms with Crippen LogP contribution in [0, 0.1) is 17.8 Å². The molecule has 0 saturated heterocycles. The third kappa shape index (κ3) is 2.71. The van der Waals surface area contributed by atoms with E-state index >= 15 is 0 Å². The topological polar surface area (TPSA) is 57.5 Å². The van der Waals surface area contributed by atoms with Crippen molar-refractivity contribution < 1.29 is 15.0 Å². The Balaban J connectivity index is 2.67. The molecule has 1 rings (SSSR count). The van der Waals surface area contributed by atoms with Crippen LogP contribution in [0.5, 0.6) is 0 Å². The van der Waals surface area contributed by atoms with Crippen molar-refractivity contribution in [2.45, 2.75) is 52.1 Å². The van der Waals surface area contributed by atoms with E-state index in [4.69, 9.17) is 5.11 Å². The molecule has 0 radical (unpaired) electrons. The molecule has 0 heterocycles. The summed E-state index contributed by atoms with van der Waals surface area (Å²) in [5, 5.41) is 18.9. The number of rotatable bonds is 3. The Morgan fingerprint density at radius 1 is 1.40 bits per heavy atom. The van der Waals surface area contributed by atoms with Crippen LogP contribution in [0.1, 0.15) is 46.5 Å². The van der Waals surface area contributed by atoms with Crippen LogP contribution in [0.2, 0.25) is 0 Å². The summed E-state index contributed by atoms with van der Waals surface area (Å²) in [7, 11) is 0. The van der Waals surface area contributed by atoms with E-state index in [1.54, 1.807) is 0 Å². The summed E-state index contributed by atoms with van der Waals surface area (Å²) in [5.41, 5.74) is -1.55. The zero-order chi connectivity index (χ0) is 11.6. The third-order valence-electron chi connectivity index (χ3n) is 3.89. The molecule has 2 N–H and O–H groups in total. The Hall–Kier alpha value is -0.570. The summed E-state index contributed by atoms with van der Waals surface area (Å²) in [6.45, 7) is 5.77. The molecule has 1 saturated carbocycles. The fourth-order valence-electron chi connectivity index (χ4n) is 2.52. The number of carboxylic acids is 1. The van der Waals surface area contributed by atoms with Gasteiger partial charge in [0.05, 0.1) is 0 Å². The van der Waals surface area contributed by atoms with E-state index in [2.05, 4.69) is 13.8 Å². The van der Waals surface area contributed by atoms with Crippen LogP contribution >= 0.6 is 0 Å². The van der Waals surface area contributed by atoms with Gasteiger partial charge in [0.25, 0.3) is 0 Å². The summed E-state index contributed by atoms with van der Waals surface area (Å²) >= 11 is 0. The maximum absolute atomic E-state index is 10.9. The second kappa shape index (κ2) is 4.52. The summed E-state index contributed by atoms with van der Waals surface area (Å²) in [6, 6.07) is 0. The molecule has 15 heavy (non-hydrogen) atoms. The predicted octanol–water partition coefficient (Wildman–Crippen LogP) is 2.28. The highest BCUT2D eigenvalue weighted by Crippen LogP contribution is 2.38. The van der Waals surface area contributed by atoms with E-state index in [0.717, 1.165) is 19.3 Å². The molecule has 0 aromatic heterocycles. The van der Waals surface area contributed by atoms with Gasteiger partial charge in [-0.3, -0.25) is 0 Å². The Morgan fingerprint density at radius 2 is 2.00 bits per heavy atom. The number of hydrogen-bond acceptors (Lipinski definition) is 2. The lowest BCUT2D eigenvalue weighted by atomic mass is 9.70. The highest BCUT2D eigenvalue weighted by atomic mass is 16.4. The molecule has 0 spiro atoms. The fraction of sp³-hybridized carbons (Fsp3) is 0.917. The third-order valence-corrected chi connectivity index (χ3v) is 3.89. The van der Waals surface area contributed by atoms with Gasteiger partial charge in [-0.05, 0) is 37.5 Å². The second-order valence-corrected chi connectivity index (χ2v) is 5.32. The molecule has 0 aliphatic heterocycles. The van der Waals surface area contributed by atoms with E-state index in [1.165, 1.54) is 13.3 Å². The quantitative estimate of drug-likeness (QED) is 0.757. The molecule has 88 valence electrons. The molecule has 0 bridgehead atoms. The van der Waals surface area contributed by atoms with Gasteiger partial charge in [0, 0.05) is 0 Å². The van der Waals surface area contributed by atoms with E-state index in [0.29, 0.717) is 11.8 Å². The minimum Gasteiger partial charge on any atom is -0.479 e. The minimum absolute atomic E-state index is 0.0869. The maximum Gasteiger partial charge on any atom is 0.335 e. The zero-order valence-corrected chi connectivity index (χ0v) is 9.86. The van der Waals surface area contributed by atoms with Crippen molar-refractivity contribution in [2.24, 2.45) is 17.8 Å². The van der Waals surface area contributed by atoms with E-state index in [-0.39, 0.29) is 5.92 Å². The molecule has 1 fully saturated rings. The molecule has 0 aromatic rings. The number of carboxylic acid groups (broad SMARTS) is 1. The normalized spacial score (nSPS) is 31.3. The summed E-state index contributed by atoms with van der Waals surface area (Å²) in [4.78, 5) is 10.9. The molecule has 3 unspecified atom stereocenters. The van der Waals surface area contributed by atoms with Crippen LogP contribution in [-0.2, 0) is 4.79 Å². The van der Waals surface area contributed by atoms with Crippen molar-refractivity contribution in [3.8, 4) is 0 Å². The van der Waals surface area contributed by atoms with E-state index < -0.39 is 11.6 Å². The molecule has 3 atom stereocenters. The van der Waals surface area contributed by atoms with Crippen molar-refractivity contribution in [2.75, 3.05) is 0 Å². The van der Waals surface area contributed by atoms with Gasteiger partial charge in [0.15, 0.2) is 5.60 Å². The van der Waals surface area contributed by atoms with Gasteiger partial charge in [-0.25, -0.2) is 4.79 Å². The molecule has 1 aliphatic carbocycles. The monoisotopic (exact) mass is 214 g/mol. The lowest BCUT2D eigenvalue weighted by molar-refractivity contribution is -0.164. The standard InChI is InChI=1S/C12H22O3/c1-8(2)9-5-4-6-10(7-9)12(3,15)11(13)14/h8-10,15H,4-7H2,1-3H3,(H,13,14). The molecule has 3 nitrogen and oxygen atoms in total. The van der Waals surface area contributed by atoms with Crippen LogP contribution in [0.25, 0.3) is 0 Å². The lowest BCUT2D eigenvalue weighted by Gasteiger charge is -2.37. The fourth-order valence-corrected chi connectivity index (χ4v) is 2.52. The van der Waals surface area contributed by atoms with Crippen molar-refractivity contribution in [1.82, 2.24) is 0 Å². The first-order valence-corrected chi connectivity index (χ1v) is 5.81. The number of hydrogen-bond donors (Lipinski definition) is 2. The smallest absolute Gasteiger partial charge is 0.335 e. The Labute approximate surface area is 91.5 Å². The first-order valence-electron chi connectivity index (χ1n) is 5.81. The van der Waals surface area contributed by atoms with Crippen LogP contribution in [0.4, 0.5) is 0 Å². The van der Waals surface area contributed by atoms with Gasteiger partial charge < -0.3 is 10.2 Å². The van der Waals surface area contributed by atoms with Gasteiger partial charge in [0.2, 0.25) is 0 Å². The molecule has 1 aliphatic rings. The molecular weight excluding hydrogens is 192 g/mol. The van der Waals surface area contributed by atoms with Gasteiger partial charge in [0.1, 0.15) is 0 Å². The van der Waals surface area contributed by atoms with Gasteiger partial charge >= 0.3 is 5.97 Å². The van der Waals surface area contributed by atoms with Crippen LogP contribution in [0.15, 0.2) is 0 Å². The highest BCUT2D eigenvalue weighted by Gasteiger charge is 2.42. The summed E-state index contributed by atoms with van der Waals surface area (Å²) in [5.74, 6) is -0.0278. The minimum atomic E-state index is -1.55. The first kappa shape index (κ1) is 12.5. The maximum atomic E-state index is 10.9. The first-order chi connectivity index (χ1) is 6.85. The zero-order valence-electron chi connectivity index (χ0n) is 9.86. The van der Waals surface area contributed by atoms with Crippen LogP contribution in [0.3, 0.4) is 0 Å². The number of carbonyl (C=O) groups is 1. The average Bonchev–Trinajstić information content (AvgIpc) is 2.17. The SMILES string of the molecule is CC(C)C1CCCC(C(C)(O)C(=O)O)C1. The largest absolute Gasteiger partial charge is 0.479 e.